The van der Waals surface area contributed by atoms with Gasteiger partial charge in [-0.15, -0.1) is 0 Å². The fraction of sp³-hybridized carbons (Fsp3) is 0.350. The molecule has 1 unspecified atom stereocenters. The molecule has 0 spiro atoms. The van der Waals surface area contributed by atoms with E-state index < -0.39 is 40.3 Å². The topological polar surface area (TPSA) is 186 Å². The van der Waals surface area contributed by atoms with Crippen molar-refractivity contribution in [3.8, 4) is 0 Å². The van der Waals surface area contributed by atoms with Gasteiger partial charge in [0.15, 0.2) is 0 Å². The molecule has 0 aromatic heterocycles. The summed E-state index contributed by atoms with van der Waals surface area (Å²) in [6.07, 6.45) is 0.273. The zero-order valence-electron chi connectivity index (χ0n) is 30.8. The second kappa shape index (κ2) is 19.1. The molecule has 1 aliphatic rings. The highest BCUT2D eigenvalue weighted by atomic mass is 16.6. The van der Waals surface area contributed by atoms with Gasteiger partial charge in [-0.05, 0) is 64.4 Å². The van der Waals surface area contributed by atoms with Gasteiger partial charge in [0, 0.05) is 36.0 Å². The predicted octanol–water partition coefficient (Wildman–Crippen LogP) is 6.41. The maximum Gasteiger partial charge on any atom is 0.337 e. The number of dihydropyridines is 1. The summed E-state index contributed by atoms with van der Waals surface area (Å²) in [5, 5.41) is 30.5. The average molecular weight is 730 g/mol. The van der Waals surface area contributed by atoms with Crippen molar-refractivity contribution >= 4 is 29.6 Å². The van der Waals surface area contributed by atoms with E-state index in [4.69, 9.17) is 19.7 Å². The van der Waals surface area contributed by atoms with Crippen molar-refractivity contribution in [2.75, 3.05) is 27.2 Å². The van der Waals surface area contributed by atoms with Crippen molar-refractivity contribution in [3.05, 3.63) is 134 Å². The smallest absolute Gasteiger partial charge is 0.337 e. The molecule has 0 saturated carbocycles. The van der Waals surface area contributed by atoms with E-state index in [0.717, 1.165) is 13.0 Å². The van der Waals surface area contributed by atoms with Crippen molar-refractivity contribution in [2.45, 2.75) is 64.4 Å². The lowest BCUT2D eigenvalue weighted by molar-refractivity contribution is -0.384. The standard InChI is InChI=1S/C36H41N3O6.C4H6O4/c1-24-31(34(40)44-6)33(28-18-13-19-29(22-28)39(42)43)32(25(2)37-24)35(41)45-36(3,4)23-38(5)21-20-30(26-14-9-7-10-15-26)27-16-11-8-12-17-27;5-3(6)1-2-4(7)8/h7-19,22,30,33,37H,20-21,23H2,1-6H3;1-2H2,(H,5,6)(H,7,8). The first-order valence-corrected chi connectivity index (χ1v) is 17.0. The van der Waals surface area contributed by atoms with E-state index in [-0.39, 0.29) is 35.6 Å². The van der Waals surface area contributed by atoms with E-state index in [1.54, 1.807) is 19.9 Å². The highest BCUT2D eigenvalue weighted by molar-refractivity contribution is 6.00. The zero-order valence-corrected chi connectivity index (χ0v) is 30.8. The van der Waals surface area contributed by atoms with Gasteiger partial charge in [0.05, 0.1) is 41.9 Å². The van der Waals surface area contributed by atoms with Crippen LogP contribution in [0.3, 0.4) is 0 Å². The summed E-state index contributed by atoms with van der Waals surface area (Å²) in [5.74, 6) is -4.11. The van der Waals surface area contributed by atoms with Gasteiger partial charge in [-0.3, -0.25) is 19.7 Å². The number of rotatable bonds is 15. The number of benzene rings is 3. The van der Waals surface area contributed by atoms with Crippen molar-refractivity contribution in [2.24, 2.45) is 0 Å². The number of nitro benzene ring substituents is 1. The van der Waals surface area contributed by atoms with Crippen LogP contribution in [0.4, 0.5) is 5.69 Å². The number of aliphatic carboxylic acids is 2. The van der Waals surface area contributed by atoms with Crippen LogP contribution in [0.15, 0.2) is 107 Å². The fourth-order valence-corrected chi connectivity index (χ4v) is 6.32. The molecular formula is C40H47N3O10. The highest BCUT2D eigenvalue weighted by Gasteiger charge is 2.40. The number of carboxylic acid groups (broad SMARTS) is 2. The number of carbonyl (C=O) groups is 4. The molecule has 3 aromatic carbocycles. The van der Waals surface area contributed by atoms with Crippen LogP contribution < -0.4 is 5.32 Å². The van der Waals surface area contributed by atoms with E-state index in [2.05, 4.69) is 58.7 Å². The van der Waals surface area contributed by atoms with Gasteiger partial charge in [-0.2, -0.15) is 0 Å². The Balaban J connectivity index is 0.000000846. The Bertz CT molecular complexity index is 1780. The summed E-state index contributed by atoms with van der Waals surface area (Å²) in [4.78, 5) is 59.4. The Morgan fingerprint density at radius 2 is 1.36 bits per heavy atom. The summed E-state index contributed by atoms with van der Waals surface area (Å²) in [7, 11) is 3.26. The third-order valence-electron chi connectivity index (χ3n) is 8.58. The van der Waals surface area contributed by atoms with Crippen LogP contribution in [0.25, 0.3) is 0 Å². The number of likely N-dealkylation sites (N-methyl/N-ethyl adjacent to an activating group) is 1. The van der Waals surface area contributed by atoms with E-state index in [1.165, 1.54) is 36.4 Å². The van der Waals surface area contributed by atoms with Crippen molar-refractivity contribution in [3.63, 3.8) is 0 Å². The molecule has 0 amide bonds. The number of methoxy groups -OCH3 is 1. The molecular weight excluding hydrogens is 682 g/mol. The molecule has 53 heavy (non-hydrogen) atoms. The summed E-state index contributed by atoms with van der Waals surface area (Å²) in [5.41, 5.74) is 3.24. The molecule has 0 fully saturated rings. The predicted molar refractivity (Wildman–Crippen MR) is 198 cm³/mol. The van der Waals surface area contributed by atoms with Crippen LogP contribution in [0.2, 0.25) is 0 Å². The number of carboxylic acids is 2. The largest absolute Gasteiger partial charge is 0.481 e. The molecule has 1 heterocycles. The van der Waals surface area contributed by atoms with Crippen LogP contribution in [0.5, 0.6) is 0 Å². The Morgan fingerprint density at radius 3 is 1.83 bits per heavy atom. The SMILES string of the molecule is COC(=O)C1=C(C)NC(C)=C(C(=O)OC(C)(C)CN(C)CCC(c2ccccc2)c2ccccc2)C1c1cccc([N+](=O)[O-])c1.O=C(O)CCC(=O)O. The summed E-state index contributed by atoms with van der Waals surface area (Å²) >= 11 is 0. The molecule has 4 rings (SSSR count). The Morgan fingerprint density at radius 1 is 0.849 bits per heavy atom. The second-order valence-corrected chi connectivity index (χ2v) is 13.3. The van der Waals surface area contributed by atoms with E-state index in [9.17, 15) is 29.3 Å². The first kappa shape index (κ1) is 41.6. The molecule has 0 saturated heterocycles. The number of nitrogens with one attached hydrogen (secondary N) is 1. The van der Waals surface area contributed by atoms with Crippen molar-refractivity contribution in [1.29, 1.82) is 0 Å². The second-order valence-electron chi connectivity index (χ2n) is 13.3. The number of nitrogens with zero attached hydrogens (tertiary/aromatic N) is 2. The lowest BCUT2D eigenvalue weighted by Gasteiger charge is -2.34. The molecule has 1 aliphatic heterocycles. The molecule has 0 bridgehead atoms. The third-order valence-corrected chi connectivity index (χ3v) is 8.58. The van der Waals surface area contributed by atoms with Crippen LogP contribution in [-0.4, -0.2) is 76.8 Å². The first-order chi connectivity index (χ1) is 25.0. The number of hydrogen-bond donors (Lipinski definition) is 3. The number of carbonyl (C=O) groups excluding carboxylic acids is 2. The fourth-order valence-electron chi connectivity index (χ4n) is 6.32. The molecule has 13 nitrogen and oxygen atoms in total. The summed E-state index contributed by atoms with van der Waals surface area (Å²) < 4.78 is 11.2. The zero-order chi connectivity index (χ0) is 39.3. The maximum atomic E-state index is 14.0. The van der Waals surface area contributed by atoms with Gasteiger partial charge in [0.1, 0.15) is 5.60 Å². The van der Waals surface area contributed by atoms with Crippen LogP contribution >= 0.6 is 0 Å². The summed E-state index contributed by atoms with van der Waals surface area (Å²) in [6, 6.07) is 26.8. The van der Waals surface area contributed by atoms with Crippen LogP contribution in [-0.2, 0) is 28.7 Å². The van der Waals surface area contributed by atoms with Gasteiger partial charge in [0.2, 0.25) is 0 Å². The molecule has 1 atom stereocenters. The molecule has 13 heteroatoms. The number of nitro groups is 1. The van der Waals surface area contributed by atoms with E-state index in [1.807, 2.05) is 33.0 Å². The normalized spacial score (nSPS) is 14.2. The number of esters is 2. The van der Waals surface area contributed by atoms with Gasteiger partial charge in [-0.25, -0.2) is 9.59 Å². The van der Waals surface area contributed by atoms with E-state index in [0.29, 0.717) is 23.5 Å². The first-order valence-electron chi connectivity index (χ1n) is 17.0. The Hall–Kier alpha value is -5.82. The molecule has 0 radical (unpaired) electrons. The summed E-state index contributed by atoms with van der Waals surface area (Å²) in [6.45, 7) is 8.34. The van der Waals surface area contributed by atoms with Crippen LogP contribution in [0.1, 0.15) is 75.5 Å². The van der Waals surface area contributed by atoms with Gasteiger partial charge < -0.3 is 29.9 Å². The minimum atomic E-state index is -1.08. The minimum Gasteiger partial charge on any atom is -0.481 e. The van der Waals surface area contributed by atoms with E-state index >= 15 is 0 Å². The lowest BCUT2D eigenvalue weighted by Crippen LogP contribution is -2.42. The number of allylic oxidation sites excluding steroid dienone is 2. The van der Waals surface area contributed by atoms with Crippen LogP contribution in [0, 0.1) is 10.1 Å². The van der Waals surface area contributed by atoms with Crippen molar-refractivity contribution < 1.29 is 43.8 Å². The Labute approximate surface area is 309 Å². The van der Waals surface area contributed by atoms with Crippen molar-refractivity contribution in [1.82, 2.24) is 10.2 Å². The molecule has 3 N–H and O–H groups in total. The number of non-ortho nitro benzene ring substituents is 1. The monoisotopic (exact) mass is 729 g/mol. The molecule has 0 aliphatic carbocycles. The van der Waals surface area contributed by atoms with Gasteiger partial charge in [-0.1, -0.05) is 72.8 Å². The molecule has 282 valence electrons. The number of hydrogen-bond acceptors (Lipinski definition) is 10. The van der Waals surface area contributed by atoms with Gasteiger partial charge in [0.25, 0.3) is 5.69 Å². The van der Waals surface area contributed by atoms with Gasteiger partial charge >= 0.3 is 23.9 Å². The lowest BCUT2D eigenvalue weighted by atomic mass is 9.80. The average Bonchev–Trinajstić information content (AvgIpc) is 3.11. The highest BCUT2D eigenvalue weighted by Crippen LogP contribution is 2.40. The maximum absolute atomic E-state index is 14.0. The quantitative estimate of drug-likeness (QED) is 0.0888. The number of ether oxygens (including phenoxy) is 2. The third kappa shape index (κ3) is 12.1. The Kier molecular flexibility index (Phi) is 15.0. The molecule has 3 aromatic rings. The minimum absolute atomic E-state index is 0.149.